The van der Waals surface area contributed by atoms with E-state index in [4.69, 9.17) is 0 Å². The summed E-state index contributed by atoms with van der Waals surface area (Å²) in [5.74, 6) is -1.29. The molecule has 1 aromatic heterocycles. The predicted octanol–water partition coefficient (Wildman–Crippen LogP) is 4.56. The highest BCUT2D eigenvalue weighted by atomic mass is 32.1. The quantitative estimate of drug-likeness (QED) is 0.521. The molecule has 1 N–H and O–H groups in total. The van der Waals surface area contributed by atoms with Crippen LogP contribution >= 0.6 is 11.3 Å². The summed E-state index contributed by atoms with van der Waals surface area (Å²) in [6.45, 7) is 0. The zero-order valence-electron chi connectivity index (χ0n) is 13.9. The maximum Gasteiger partial charge on any atom is 0.268 e. The minimum Gasteiger partial charge on any atom is -0.297 e. The molecule has 3 rings (SSSR count). The van der Waals surface area contributed by atoms with Crippen molar-refractivity contribution in [3.05, 3.63) is 87.9 Å². The molecule has 0 unspecified atom stereocenters. The molecule has 0 fully saturated rings. The number of hydrogen-bond donors (Lipinski definition) is 1. The van der Waals surface area contributed by atoms with E-state index in [1.807, 2.05) is 6.07 Å². The van der Waals surface area contributed by atoms with Crippen LogP contribution in [0, 0.1) is 23.0 Å². The van der Waals surface area contributed by atoms with Gasteiger partial charge in [0.05, 0.1) is 0 Å². The van der Waals surface area contributed by atoms with E-state index < -0.39 is 11.7 Å². The van der Waals surface area contributed by atoms with Gasteiger partial charge in [0.25, 0.3) is 5.91 Å². The highest BCUT2D eigenvalue weighted by molar-refractivity contribution is 7.15. The summed E-state index contributed by atoms with van der Waals surface area (Å²) >= 11 is 1.27. The highest BCUT2D eigenvalue weighted by Crippen LogP contribution is 2.22. The van der Waals surface area contributed by atoms with Gasteiger partial charge >= 0.3 is 0 Å². The molecular weight excluding hydrogens is 368 g/mol. The average molecular weight is 381 g/mol. The van der Waals surface area contributed by atoms with Crippen LogP contribution in [0.5, 0.6) is 0 Å². The molecule has 0 atom stereocenters. The summed E-state index contributed by atoms with van der Waals surface area (Å²) in [4.78, 5) is 17.3. The molecule has 27 heavy (non-hydrogen) atoms. The lowest BCUT2D eigenvalue weighted by atomic mass is 10.1. The molecule has 0 aliphatic heterocycles. The standard InChI is InChI=1S/C20H13F2N3OS/c21-16-5-1-13(2-6-16)9-15(11-23)19(26)25-20-24-12-18(27-20)10-14-3-7-17(22)8-4-14/h1-9,12H,10H2,(H,24,25,26). The number of carbonyl (C=O) groups is 1. The largest absolute Gasteiger partial charge is 0.297 e. The number of rotatable bonds is 5. The van der Waals surface area contributed by atoms with Crippen molar-refractivity contribution in [3.63, 3.8) is 0 Å². The number of aromatic nitrogens is 1. The van der Waals surface area contributed by atoms with Crippen molar-refractivity contribution in [1.82, 2.24) is 4.98 Å². The Bertz CT molecular complexity index is 1020. The van der Waals surface area contributed by atoms with Crippen molar-refractivity contribution in [3.8, 4) is 6.07 Å². The van der Waals surface area contributed by atoms with E-state index in [0.717, 1.165) is 10.4 Å². The molecule has 2 aromatic carbocycles. The van der Waals surface area contributed by atoms with Crippen LogP contribution in [0.3, 0.4) is 0 Å². The van der Waals surface area contributed by atoms with Gasteiger partial charge in [-0.1, -0.05) is 24.3 Å². The fraction of sp³-hybridized carbons (Fsp3) is 0.0500. The molecule has 0 saturated heterocycles. The Morgan fingerprint density at radius 1 is 1.11 bits per heavy atom. The van der Waals surface area contributed by atoms with Gasteiger partial charge in [-0.25, -0.2) is 13.8 Å². The van der Waals surface area contributed by atoms with Crippen LogP contribution in [-0.4, -0.2) is 10.9 Å². The third kappa shape index (κ3) is 5.06. The van der Waals surface area contributed by atoms with E-state index in [0.29, 0.717) is 17.1 Å². The van der Waals surface area contributed by atoms with Crippen LogP contribution in [0.4, 0.5) is 13.9 Å². The minimum atomic E-state index is -0.593. The maximum absolute atomic E-state index is 13.0. The van der Waals surface area contributed by atoms with Crippen molar-refractivity contribution in [2.75, 3.05) is 5.32 Å². The molecule has 4 nitrogen and oxygen atoms in total. The summed E-state index contributed by atoms with van der Waals surface area (Å²) in [7, 11) is 0. The summed E-state index contributed by atoms with van der Waals surface area (Å²) in [6.07, 6.45) is 3.56. The van der Waals surface area contributed by atoms with Crippen molar-refractivity contribution < 1.29 is 13.6 Å². The van der Waals surface area contributed by atoms with Gasteiger partial charge in [0.1, 0.15) is 23.3 Å². The summed E-state index contributed by atoms with van der Waals surface area (Å²) in [5, 5.41) is 12.2. The third-order valence-corrected chi connectivity index (χ3v) is 4.52. The van der Waals surface area contributed by atoms with Crippen molar-refractivity contribution in [2.45, 2.75) is 6.42 Å². The van der Waals surface area contributed by atoms with Gasteiger partial charge < -0.3 is 0 Å². The summed E-state index contributed by atoms with van der Waals surface area (Å²) < 4.78 is 25.9. The molecule has 134 valence electrons. The lowest BCUT2D eigenvalue weighted by Gasteiger charge is -2.00. The summed E-state index contributed by atoms with van der Waals surface area (Å²) in [6, 6.07) is 13.4. The number of anilines is 1. The van der Waals surface area contributed by atoms with Crippen LogP contribution in [0.2, 0.25) is 0 Å². The second-order valence-corrected chi connectivity index (χ2v) is 6.73. The minimum absolute atomic E-state index is 0.114. The van der Waals surface area contributed by atoms with E-state index in [1.54, 1.807) is 18.3 Å². The molecule has 1 amide bonds. The van der Waals surface area contributed by atoms with Gasteiger partial charge in [0.2, 0.25) is 0 Å². The lowest BCUT2D eigenvalue weighted by Crippen LogP contribution is -2.13. The molecule has 3 aromatic rings. The number of hydrogen-bond acceptors (Lipinski definition) is 4. The fourth-order valence-corrected chi connectivity index (χ4v) is 3.13. The molecule has 7 heteroatoms. The van der Waals surface area contributed by atoms with Crippen LogP contribution in [0.1, 0.15) is 16.0 Å². The number of thiazole rings is 1. The molecule has 0 aliphatic rings. The number of halogens is 2. The van der Waals surface area contributed by atoms with Gasteiger partial charge in [-0.15, -0.1) is 11.3 Å². The first-order valence-corrected chi connectivity index (χ1v) is 8.73. The Kier molecular flexibility index (Phi) is 5.69. The monoisotopic (exact) mass is 381 g/mol. The van der Waals surface area contributed by atoms with Gasteiger partial charge in [-0.05, 0) is 41.5 Å². The van der Waals surface area contributed by atoms with E-state index in [1.165, 1.54) is 53.8 Å². The molecule has 0 aliphatic carbocycles. The SMILES string of the molecule is N#CC(=Cc1ccc(F)cc1)C(=O)Nc1ncc(Cc2ccc(F)cc2)s1. The topological polar surface area (TPSA) is 65.8 Å². The zero-order valence-corrected chi connectivity index (χ0v) is 14.8. The Morgan fingerprint density at radius 2 is 1.74 bits per heavy atom. The third-order valence-electron chi connectivity index (χ3n) is 3.61. The number of amides is 1. The average Bonchev–Trinajstić information content (AvgIpc) is 3.10. The smallest absolute Gasteiger partial charge is 0.268 e. The fourth-order valence-electron chi connectivity index (χ4n) is 2.29. The van der Waals surface area contributed by atoms with Crippen LogP contribution in [-0.2, 0) is 11.2 Å². The van der Waals surface area contributed by atoms with Gasteiger partial charge in [0.15, 0.2) is 5.13 Å². The molecular formula is C20H13F2N3OS. The normalized spacial score (nSPS) is 11.1. The molecule has 0 bridgehead atoms. The van der Waals surface area contributed by atoms with Gasteiger partial charge in [-0.3, -0.25) is 10.1 Å². The van der Waals surface area contributed by atoms with Gasteiger partial charge in [-0.2, -0.15) is 5.26 Å². The van der Waals surface area contributed by atoms with E-state index >= 15 is 0 Å². The van der Waals surface area contributed by atoms with Gasteiger partial charge in [0, 0.05) is 17.5 Å². The lowest BCUT2D eigenvalue weighted by molar-refractivity contribution is -0.112. The predicted molar refractivity (Wildman–Crippen MR) is 99.9 cm³/mol. The first-order chi connectivity index (χ1) is 13.0. The Labute approximate surface area is 158 Å². The Morgan fingerprint density at radius 3 is 2.37 bits per heavy atom. The highest BCUT2D eigenvalue weighted by Gasteiger charge is 2.12. The Balaban J connectivity index is 1.68. The van der Waals surface area contributed by atoms with E-state index in [-0.39, 0.29) is 11.4 Å². The van der Waals surface area contributed by atoms with Crippen LogP contribution < -0.4 is 5.32 Å². The summed E-state index contributed by atoms with van der Waals surface area (Å²) in [5.41, 5.74) is 1.35. The van der Waals surface area contributed by atoms with Crippen LogP contribution in [0.25, 0.3) is 6.08 Å². The van der Waals surface area contributed by atoms with Crippen molar-refractivity contribution >= 4 is 28.5 Å². The second-order valence-electron chi connectivity index (χ2n) is 5.61. The van der Waals surface area contributed by atoms with E-state index in [9.17, 15) is 18.8 Å². The maximum atomic E-state index is 13.0. The Hall–Kier alpha value is -3.37. The zero-order chi connectivity index (χ0) is 19.2. The molecule has 0 saturated carbocycles. The molecule has 0 spiro atoms. The van der Waals surface area contributed by atoms with Crippen molar-refractivity contribution in [1.29, 1.82) is 5.26 Å². The van der Waals surface area contributed by atoms with Crippen molar-refractivity contribution in [2.24, 2.45) is 0 Å². The van der Waals surface area contributed by atoms with Crippen LogP contribution in [0.15, 0.2) is 60.3 Å². The number of nitrogens with one attached hydrogen (secondary N) is 1. The number of nitriles is 1. The number of carbonyl (C=O) groups excluding carboxylic acids is 1. The van der Waals surface area contributed by atoms with E-state index in [2.05, 4.69) is 10.3 Å². The second kappa shape index (κ2) is 8.34. The number of nitrogens with zero attached hydrogens (tertiary/aromatic N) is 2. The number of benzene rings is 2. The first-order valence-electron chi connectivity index (χ1n) is 7.91. The molecule has 1 heterocycles. The molecule has 0 radical (unpaired) electrons. The first kappa shape index (κ1) is 18.4.